The van der Waals surface area contributed by atoms with Gasteiger partial charge < -0.3 is 5.73 Å². The molecular weight excluding hydrogens is 238 g/mol. The molecular formula is C8H20ClN3O2S. The minimum Gasteiger partial charge on any atom is -0.330 e. The Morgan fingerprint density at radius 3 is 2.53 bits per heavy atom. The fraction of sp³-hybridized carbons (Fsp3) is 1.00. The van der Waals surface area contributed by atoms with Crippen LogP contribution in [0.3, 0.4) is 0 Å². The second kappa shape index (κ2) is 5.45. The van der Waals surface area contributed by atoms with Gasteiger partial charge in [-0.25, -0.2) is 4.72 Å². The third kappa shape index (κ3) is 3.57. The fourth-order valence-corrected chi connectivity index (χ4v) is 2.98. The largest absolute Gasteiger partial charge is 0.330 e. The Kier molecular flexibility index (Phi) is 5.49. The highest BCUT2D eigenvalue weighted by Gasteiger charge is 2.37. The predicted octanol–water partition coefficient (Wildman–Crippen LogP) is -0.0668. The van der Waals surface area contributed by atoms with Crippen LogP contribution in [0.25, 0.3) is 0 Å². The minimum atomic E-state index is -3.26. The Bertz CT molecular complexity index is 296. The number of rotatable bonds is 4. The van der Waals surface area contributed by atoms with Gasteiger partial charge in [0, 0.05) is 19.6 Å². The third-order valence-electron chi connectivity index (χ3n) is 2.68. The van der Waals surface area contributed by atoms with Crippen molar-refractivity contribution in [2.24, 2.45) is 11.1 Å². The quantitative estimate of drug-likeness (QED) is 0.741. The molecule has 0 saturated carbocycles. The minimum absolute atomic E-state index is 0. The molecule has 0 bridgehead atoms. The normalized spacial score (nSPS) is 27.7. The Morgan fingerprint density at radius 1 is 1.53 bits per heavy atom. The van der Waals surface area contributed by atoms with Gasteiger partial charge in [-0.15, -0.1) is 12.4 Å². The van der Waals surface area contributed by atoms with E-state index >= 15 is 0 Å². The molecule has 1 aliphatic rings. The molecule has 92 valence electrons. The van der Waals surface area contributed by atoms with E-state index in [4.69, 9.17) is 5.73 Å². The van der Waals surface area contributed by atoms with Crippen molar-refractivity contribution in [3.63, 3.8) is 0 Å². The van der Waals surface area contributed by atoms with Gasteiger partial charge in [-0.1, -0.05) is 13.8 Å². The molecule has 15 heavy (non-hydrogen) atoms. The van der Waals surface area contributed by atoms with Crippen molar-refractivity contribution in [3.05, 3.63) is 0 Å². The van der Waals surface area contributed by atoms with Crippen molar-refractivity contribution < 1.29 is 8.42 Å². The maximum absolute atomic E-state index is 11.6. The highest BCUT2D eigenvalue weighted by molar-refractivity contribution is 7.87. The van der Waals surface area contributed by atoms with E-state index in [2.05, 4.69) is 4.72 Å². The van der Waals surface area contributed by atoms with E-state index in [0.29, 0.717) is 26.2 Å². The van der Waals surface area contributed by atoms with Crippen LogP contribution < -0.4 is 10.5 Å². The summed E-state index contributed by atoms with van der Waals surface area (Å²) in [5.41, 5.74) is 5.55. The average molecular weight is 258 g/mol. The van der Waals surface area contributed by atoms with Gasteiger partial charge >= 0.3 is 0 Å². The molecule has 1 rings (SSSR count). The molecule has 1 unspecified atom stereocenters. The van der Waals surface area contributed by atoms with Crippen LogP contribution in [-0.4, -0.2) is 38.9 Å². The molecule has 0 radical (unpaired) electrons. The highest BCUT2D eigenvalue weighted by Crippen LogP contribution is 2.29. The van der Waals surface area contributed by atoms with Gasteiger partial charge in [0.15, 0.2) is 0 Å². The summed E-state index contributed by atoms with van der Waals surface area (Å²) >= 11 is 0. The summed E-state index contributed by atoms with van der Waals surface area (Å²) in [5.74, 6) is 0. The lowest BCUT2D eigenvalue weighted by Gasteiger charge is -2.22. The second-order valence-corrected chi connectivity index (χ2v) is 5.86. The summed E-state index contributed by atoms with van der Waals surface area (Å²) in [6, 6.07) is 0. The van der Waals surface area contributed by atoms with Crippen molar-refractivity contribution in [2.75, 3.05) is 26.2 Å². The predicted molar refractivity (Wildman–Crippen MR) is 63.2 cm³/mol. The van der Waals surface area contributed by atoms with Crippen LogP contribution in [-0.2, 0) is 10.2 Å². The van der Waals surface area contributed by atoms with Crippen LogP contribution in [0.1, 0.15) is 20.3 Å². The van der Waals surface area contributed by atoms with Gasteiger partial charge in [0.1, 0.15) is 0 Å². The van der Waals surface area contributed by atoms with Crippen LogP contribution in [0.2, 0.25) is 0 Å². The van der Waals surface area contributed by atoms with Gasteiger partial charge in [0.05, 0.1) is 0 Å². The van der Waals surface area contributed by atoms with Crippen LogP contribution in [0.4, 0.5) is 0 Å². The van der Waals surface area contributed by atoms with Crippen LogP contribution in [0.15, 0.2) is 0 Å². The molecule has 1 fully saturated rings. The van der Waals surface area contributed by atoms with E-state index in [-0.39, 0.29) is 17.8 Å². The maximum atomic E-state index is 11.6. The van der Waals surface area contributed by atoms with Crippen LogP contribution >= 0.6 is 12.4 Å². The van der Waals surface area contributed by atoms with Gasteiger partial charge in [0.25, 0.3) is 10.2 Å². The van der Waals surface area contributed by atoms with Gasteiger partial charge in [-0.3, -0.25) is 0 Å². The van der Waals surface area contributed by atoms with E-state index in [1.165, 1.54) is 4.31 Å². The lowest BCUT2D eigenvalue weighted by Crippen LogP contribution is -2.41. The second-order valence-electron chi connectivity index (χ2n) is 4.10. The SMILES string of the molecule is CCNS(=O)(=O)N1CCC(C)(CN)C1.Cl. The molecule has 0 aromatic rings. The van der Waals surface area contributed by atoms with E-state index in [1.807, 2.05) is 6.92 Å². The van der Waals surface area contributed by atoms with Gasteiger partial charge in [0.2, 0.25) is 0 Å². The number of halogens is 1. The molecule has 0 aliphatic carbocycles. The lowest BCUT2D eigenvalue weighted by atomic mass is 9.90. The summed E-state index contributed by atoms with van der Waals surface area (Å²) in [4.78, 5) is 0. The topological polar surface area (TPSA) is 75.4 Å². The molecule has 1 saturated heterocycles. The number of nitrogens with two attached hydrogens (primary N) is 1. The van der Waals surface area contributed by atoms with E-state index in [0.717, 1.165) is 6.42 Å². The van der Waals surface area contributed by atoms with Crippen molar-refractivity contribution in [2.45, 2.75) is 20.3 Å². The summed E-state index contributed by atoms with van der Waals surface area (Å²) in [5, 5.41) is 0. The van der Waals surface area contributed by atoms with E-state index in [9.17, 15) is 8.42 Å². The zero-order valence-corrected chi connectivity index (χ0v) is 10.8. The summed E-state index contributed by atoms with van der Waals surface area (Å²) < 4.78 is 27.2. The Morgan fingerprint density at radius 2 is 2.13 bits per heavy atom. The first-order valence-electron chi connectivity index (χ1n) is 4.88. The molecule has 5 nitrogen and oxygen atoms in total. The van der Waals surface area contributed by atoms with Crippen molar-refractivity contribution >= 4 is 22.6 Å². The number of hydrogen-bond donors (Lipinski definition) is 2. The summed E-state index contributed by atoms with van der Waals surface area (Å²) in [6.07, 6.45) is 0.841. The maximum Gasteiger partial charge on any atom is 0.279 e. The van der Waals surface area contributed by atoms with Crippen molar-refractivity contribution in [1.82, 2.24) is 9.03 Å². The Hall–Kier alpha value is 0.120. The standard InChI is InChI=1S/C8H19N3O2S.ClH/c1-3-10-14(12,13)11-5-4-8(2,6-9)7-11;/h10H,3-7,9H2,1-2H3;1H. The zero-order valence-electron chi connectivity index (χ0n) is 9.19. The first kappa shape index (κ1) is 15.1. The summed E-state index contributed by atoms with van der Waals surface area (Å²) in [7, 11) is -3.26. The number of nitrogens with one attached hydrogen (secondary N) is 1. The van der Waals surface area contributed by atoms with Crippen LogP contribution in [0, 0.1) is 5.41 Å². The summed E-state index contributed by atoms with van der Waals surface area (Å²) in [6.45, 7) is 5.86. The molecule has 0 aromatic carbocycles. The third-order valence-corrected chi connectivity index (χ3v) is 4.33. The van der Waals surface area contributed by atoms with E-state index < -0.39 is 10.2 Å². The molecule has 1 atom stereocenters. The molecule has 1 heterocycles. The van der Waals surface area contributed by atoms with E-state index in [1.54, 1.807) is 6.92 Å². The lowest BCUT2D eigenvalue weighted by molar-refractivity contribution is 0.348. The highest BCUT2D eigenvalue weighted by atomic mass is 35.5. The number of nitrogens with zero attached hydrogens (tertiary/aromatic N) is 1. The fourth-order valence-electron chi connectivity index (χ4n) is 1.62. The Labute approximate surface area is 98.0 Å². The molecule has 7 heteroatoms. The zero-order chi connectivity index (χ0) is 10.8. The molecule has 0 spiro atoms. The smallest absolute Gasteiger partial charge is 0.279 e. The van der Waals surface area contributed by atoms with Crippen molar-refractivity contribution in [1.29, 1.82) is 0 Å². The molecule has 0 amide bonds. The van der Waals surface area contributed by atoms with Gasteiger partial charge in [-0.2, -0.15) is 12.7 Å². The molecule has 0 aromatic heterocycles. The number of hydrogen-bond acceptors (Lipinski definition) is 3. The monoisotopic (exact) mass is 257 g/mol. The first-order valence-corrected chi connectivity index (χ1v) is 6.32. The molecule has 1 aliphatic heterocycles. The first-order chi connectivity index (χ1) is 6.43. The Balaban J connectivity index is 0.00000196. The van der Waals surface area contributed by atoms with Crippen LogP contribution in [0.5, 0.6) is 0 Å². The van der Waals surface area contributed by atoms with Crippen molar-refractivity contribution in [3.8, 4) is 0 Å². The average Bonchev–Trinajstić information content (AvgIpc) is 2.50. The van der Waals surface area contributed by atoms with Gasteiger partial charge in [-0.05, 0) is 18.4 Å². The molecule has 3 N–H and O–H groups in total.